The second-order valence-corrected chi connectivity index (χ2v) is 4.55. The van der Waals surface area contributed by atoms with Gasteiger partial charge in [-0.15, -0.1) is 0 Å². The molecule has 1 aromatic heterocycles. The number of carbonyl (C=O) groups is 2. The topological polar surface area (TPSA) is 88.5 Å². The van der Waals surface area contributed by atoms with E-state index in [4.69, 9.17) is 0 Å². The van der Waals surface area contributed by atoms with Gasteiger partial charge in [0.15, 0.2) is 0 Å². The van der Waals surface area contributed by atoms with Crippen LogP contribution in [-0.2, 0) is 9.53 Å². The standard InChI is InChI=1S/C16H16N2O4/c1-22-14(19)10-18-16(21)13-8-7-12(9-17-13)15(20)11-5-3-2-4-6-11/h2-9,15,20H,10H2,1H3,(H,18,21). The van der Waals surface area contributed by atoms with Crippen LogP contribution in [0.3, 0.4) is 0 Å². The molecule has 0 spiro atoms. The van der Waals surface area contributed by atoms with Gasteiger partial charge in [0.1, 0.15) is 18.3 Å². The summed E-state index contributed by atoms with van der Waals surface area (Å²) >= 11 is 0. The zero-order chi connectivity index (χ0) is 15.9. The van der Waals surface area contributed by atoms with Crippen molar-refractivity contribution in [3.05, 3.63) is 65.5 Å². The Morgan fingerprint density at radius 1 is 1.18 bits per heavy atom. The summed E-state index contributed by atoms with van der Waals surface area (Å²) in [4.78, 5) is 26.7. The fourth-order valence-corrected chi connectivity index (χ4v) is 1.84. The molecule has 2 rings (SSSR count). The lowest BCUT2D eigenvalue weighted by Crippen LogP contribution is -2.30. The van der Waals surface area contributed by atoms with Crippen LogP contribution < -0.4 is 5.32 Å². The molecule has 0 aliphatic heterocycles. The highest BCUT2D eigenvalue weighted by molar-refractivity contribution is 5.94. The average Bonchev–Trinajstić information content (AvgIpc) is 2.59. The van der Waals surface area contributed by atoms with Crippen molar-refractivity contribution in [2.45, 2.75) is 6.10 Å². The Bertz CT molecular complexity index is 641. The third-order valence-electron chi connectivity index (χ3n) is 3.07. The van der Waals surface area contributed by atoms with E-state index in [1.807, 2.05) is 30.3 Å². The summed E-state index contributed by atoms with van der Waals surface area (Å²) in [5, 5.41) is 12.6. The van der Waals surface area contributed by atoms with Gasteiger partial charge in [0.25, 0.3) is 5.91 Å². The van der Waals surface area contributed by atoms with Gasteiger partial charge in [0, 0.05) is 11.8 Å². The lowest BCUT2D eigenvalue weighted by atomic mass is 10.0. The molecule has 6 nitrogen and oxygen atoms in total. The first-order valence-electron chi connectivity index (χ1n) is 6.66. The molecular weight excluding hydrogens is 284 g/mol. The number of esters is 1. The molecule has 1 unspecified atom stereocenters. The van der Waals surface area contributed by atoms with Crippen LogP contribution >= 0.6 is 0 Å². The average molecular weight is 300 g/mol. The minimum Gasteiger partial charge on any atom is -0.468 e. The molecule has 1 aromatic carbocycles. The number of carbonyl (C=O) groups excluding carboxylic acids is 2. The number of hydrogen-bond donors (Lipinski definition) is 2. The number of benzene rings is 1. The summed E-state index contributed by atoms with van der Waals surface area (Å²) in [6.07, 6.45) is 0.630. The smallest absolute Gasteiger partial charge is 0.325 e. The zero-order valence-electron chi connectivity index (χ0n) is 12.0. The van der Waals surface area contributed by atoms with Crippen molar-refractivity contribution in [3.8, 4) is 0 Å². The third-order valence-corrected chi connectivity index (χ3v) is 3.07. The molecule has 2 N–H and O–H groups in total. The van der Waals surface area contributed by atoms with Gasteiger partial charge in [-0.3, -0.25) is 14.6 Å². The molecule has 1 amide bonds. The van der Waals surface area contributed by atoms with Gasteiger partial charge in [0.2, 0.25) is 0 Å². The van der Waals surface area contributed by atoms with Crippen LogP contribution in [0.4, 0.5) is 0 Å². The number of hydrogen-bond acceptors (Lipinski definition) is 5. The molecule has 0 bridgehead atoms. The van der Waals surface area contributed by atoms with E-state index in [2.05, 4.69) is 15.0 Å². The fraction of sp³-hybridized carbons (Fsp3) is 0.188. The van der Waals surface area contributed by atoms with Gasteiger partial charge in [-0.05, 0) is 11.6 Å². The Morgan fingerprint density at radius 2 is 1.91 bits per heavy atom. The Labute approximate surface area is 127 Å². The fourth-order valence-electron chi connectivity index (χ4n) is 1.84. The first kappa shape index (κ1) is 15.7. The number of amides is 1. The van der Waals surface area contributed by atoms with E-state index < -0.39 is 18.0 Å². The number of rotatable bonds is 5. The number of aliphatic hydroxyl groups excluding tert-OH is 1. The lowest BCUT2D eigenvalue weighted by molar-refractivity contribution is -0.139. The largest absolute Gasteiger partial charge is 0.468 e. The number of nitrogens with zero attached hydrogens (tertiary/aromatic N) is 1. The van der Waals surface area contributed by atoms with Gasteiger partial charge in [0.05, 0.1) is 7.11 Å². The molecule has 22 heavy (non-hydrogen) atoms. The predicted octanol–water partition coefficient (Wildman–Crippen LogP) is 1.07. The third kappa shape index (κ3) is 3.89. The number of aromatic nitrogens is 1. The maximum Gasteiger partial charge on any atom is 0.325 e. The number of aliphatic hydroxyl groups is 1. The second kappa shape index (κ2) is 7.33. The summed E-state index contributed by atoms with van der Waals surface area (Å²) < 4.78 is 4.43. The van der Waals surface area contributed by atoms with E-state index in [0.717, 1.165) is 5.56 Å². The summed E-state index contributed by atoms with van der Waals surface area (Å²) in [6.45, 7) is -0.217. The number of nitrogens with one attached hydrogen (secondary N) is 1. The molecule has 1 atom stereocenters. The maximum atomic E-state index is 11.8. The summed E-state index contributed by atoms with van der Waals surface area (Å²) in [5.41, 5.74) is 1.48. The molecule has 0 fully saturated rings. The Morgan fingerprint density at radius 3 is 2.50 bits per heavy atom. The molecule has 0 aliphatic carbocycles. The molecule has 6 heteroatoms. The Balaban J connectivity index is 2.04. The number of ether oxygens (including phenoxy) is 1. The highest BCUT2D eigenvalue weighted by Gasteiger charge is 2.13. The zero-order valence-corrected chi connectivity index (χ0v) is 12.0. The quantitative estimate of drug-likeness (QED) is 0.806. The molecule has 1 heterocycles. The SMILES string of the molecule is COC(=O)CNC(=O)c1ccc(C(O)c2ccccc2)cn1. The van der Waals surface area contributed by atoms with Crippen LogP contribution in [0.15, 0.2) is 48.7 Å². The molecular formula is C16H16N2O4. The van der Waals surface area contributed by atoms with Gasteiger partial charge >= 0.3 is 5.97 Å². The van der Waals surface area contributed by atoms with E-state index in [1.165, 1.54) is 19.4 Å². The van der Waals surface area contributed by atoms with Crippen LogP contribution in [0.1, 0.15) is 27.7 Å². The highest BCUT2D eigenvalue weighted by Crippen LogP contribution is 2.20. The van der Waals surface area contributed by atoms with E-state index >= 15 is 0 Å². The lowest BCUT2D eigenvalue weighted by Gasteiger charge is -2.11. The number of pyridine rings is 1. The highest BCUT2D eigenvalue weighted by atomic mass is 16.5. The Kier molecular flexibility index (Phi) is 5.21. The van der Waals surface area contributed by atoms with E-state index in [9.17, 15) is 14.7 Å². The van der Waals surface area contributed by atoms with E-state index in [-0.39, 0.29) is 12.2 Å². The van der Waals surface area contributed by atoms with Crippen molar-refractivity contribution >= 4 is 11.9 Å². The van der Waals surface area contributed by atoms with E-state index in [0.29, 0.717) is 5.56 Å². The van der Waals surface area contributed by atoms with Gasteiger partial charge in [-0.2, -0.15) is 0 Å². The molecule has 2 aromatic rings. The minimum atomic E-state index is -0.805. The molecule has 0 aliphatic rings. The molecule has 0 saturated carbocycles. The normalized spacial score (nSPS) is 11.5. The molecule has 0 saturated heterocycles. The van der Waals surface area contributed by atoms with Crippen molar-refractivity contribution in [2.75, 3.05) is 13.7 Å². The van der Waals surface area contributed by atoms with Gasteiger partial charge in [-0.1, -0.05) is 36.4 Å². The first-order chi connectivity index (χ1) is 10.6. The van der Waals surface area contributed by atoms with Crippen molar-refractivity contribution in [3.63, 3.8) is 0 Å². The molecule has 114 valence electrons. The maximum absolute atomic E-state index is 11.8. The van der Waals surface area contributed by atoms with Crippen molar-refractivity contribution in [1.82, 2.24) is 10.3 Å². The van der Waals surface area contributed by atoms with Gasteiger partial charge in [-0.25, -0.2) is 0 Å². The van der Waals surface area contributed by atoms with Crippen molar-refractivity contribution in [2.24, 2.45) is 0 Å². The number of methoxy groups -OCH3 is 1. The predicted molar refractivity (Wildman–Crippen MR) is 79.1 cm³/mol. The van der Waals surface area contributed by atoms with Crippen molar-refractivity contribution in [1.29, 1.82) is 0 Å². The second-order valence-electron chi connectivity index (χ2n) is 4.55. The van der Waals surface area contributed by atoms with Crippen LogP contribution in [0.5, 0.6) is 0 Å². The van der Waals surface area contributed by atoms with Gasteiger partial charge < -0.3 is 15.2 Å². The van der Waals surface area contributed by atoms with Crippen LogP contribution in [0, 0.1) is 0 Å². The summed E-state index contributed by atoms with van der Waals surface area (Å²) in [6, 6.07) is 12.3. The Hall–Kier alpha value is -2.73. The summed E-state index contributed by atoms with van der Waals surface area (Å²) in [5.74, 6) is -1.02. The first-order valence-corrected chi connectivity index (χ1v) is 6.66. The van der Waals surface area contributed by atoms with E-state index in [1.54, 1.807) is 6.07 Å². The summed E-state index contributed by atoms with van der Waals surface area (Å²) in [7, 11) is 1.24. The molecule has 0 radical (unpaired) electrons. The monoisotopic (exact) mass is 300 g/mol. The van der Waals surface area contributed by atoms with Crippen LogP contribution in [0.25, 0.3) is 0 Å². The van der Waals surface area contributed by atoms with Crippen molar-refractivity contribution < 1.29 is 19.4 Å². The van der Waals surface area contributed by atoms with Crippen LogP contribution in [-0.4, -0.2) is 35.6 Å². The van der Waals surface area contributed by atoms with Crippen LogP contribution in [0.2, 0.25) is 0 Å². The minimum absolute atomic E-state index is 0.160.